The molecule has 3 aromatic carbocycles. The molecule has 17 nitrogen and oxygen atoms in total. The van der Waals surface area contributed by atoms with Gasteiger partial charge in [0.15, 0.2) is 45.8 Å². The third-order valence-electron chi connectivity index (χ3n) is 15.8. The maximum Gasteiger partial charge on any atom is 0.227 e. The molecule has 15 rings (SSSR count). The zero-order chi connectivity index (χ0) is 64.0. The van der Waals surface area contributed by atoms with Gasteiger partial charge in [0.05, 0.1) is 25.5 Å². The lowest BCUT2D eigenvalue weighted by Crippen LogP contribution is -2.42. The van der Waals surface area contributed by atoms with Crippen molar-refractivity contribution < 1.29 is 24.2 Å². The summed E-state index contributed by atoms with van der Waals surface area (Å²) in [6.45, 7) is 17.9. The largest absolute Gasteiger partial charge is 0.435 e. The first-order valence-electron chi connectivity index (χ1n) is 31.3. The number of hydrogen-bond donors (Lipinski definition) is 0. The number of hydrogen-bond acceptors (Lipinski definition) is 17. The van der Waals surface area contributed by atoms with Crippen LogP contribution in [-0.4, -0.2) is 77.4 Å². The van der Waals surface area contributed by atoms with E-state index >= 15 is 0 Å². The minimum absolute atomic E-state index is 0.146. The summed E-state index contributed by atoms with van der Waals surface area (Å²) in [5.41, 5.74) is 12.8. The number of aromatic nitrogens is 8. The quantitative estimate of drug-likeness (QED) is 0.160. The molecule has 0 saturated heterocycles. The van der Waals surface area contributed by atoms with Gasteiger partial charge in [-0.3, -0.25) is 9.80 Å². The summed E-state index contributed by atoms with van der Waals surface area (Å²) >= 11 is 0. The third kappa shape index (κ3) is 8.10. The molecule has 3 aliphatic heterocycles. The first-order valence-corrected chi connectivity index (χ1v) is 27.3. The van der Waals surface area contributed by atoms with Crippen LogP contribution in [0.2, 0.25) is 0 Å². The molecular weight excluding hydrogens is 1020 g/mol. The normalized spacial score (nSPS) is 19.2. The van der Waals surface area contributed by atoms with Crippen molar-refractivity contribution in [3.05, 3.63) is 150 Å². The van der Waals surface area contributed by atoms with Gasteiger partial charge in [-0.1, -0.05) is 36.4 Å². The minimum atomic E-state index is -2.53. The molecule has 414 valence electrons. The highest BCUT2D eigenvalue weighted by Crippen LogP contribution is 2.51. The van der Waals surface area contributed by atoms with Gasteiger partial charge in [-0.25, -0.2) is 39.9 Å². The van der Waals surface area contributed by atoms with E-state index in [2.05, 4.69) is 76.8 Å². The number of rotatable bonds is 5. The van der Waals surface area contributed by atoms with Crippen LogP contribution < -0.4 is 29.4 Å². The predicted octanol–water partition coefficient (Wildman–Crippen LogP) is 15.1. The van der Waals surface area contributed by atoms with Crippen LogP contribution in [0.3, 0.4) is 0 Å². The van der Waals surface area contributed by atoms with Gasteiger partial charge in [0.1, 0.15) is 18.5 Å². The Kier molecular flexibility index (Phi) is 10.4. The Hall–Kier alpha value is -9.38. The van der Waals surface area contributed by atoms with Gasteiger partial charge in [-0.15, -0.1) is 0 Å². The van der Waals surface area contributed by atoms with Crippen molar-refractivity contribution in [3.63, 3.8) is 0 Å². The number of benzene rings is 3. The van der Waals surface area contributed by atoms with Gasteiger partial charge in [0.25, 0.3) is 0 Å². The second-order valence-electron chi connectivity index (χ2n) is 21.4. The van der Waals surface area contributed by atoms with Crippen molar-refractivity contribution in [2.24, 2.45) is 0 Å². The number of nitrogens with zero attached hydrogens (tertiary/aromatic N) is 14. The minimum Gasteiger partial charge on any atom is -0.435 e. The van der Waals surface area contributed by atoms with Crippen LogP contribution in [0.15, 0.2) is 129 Å². The Morgan fingerprint density at radius 3 is 1.28 bits per heavy atom. The summed E-state index contributed by atoms with van der Waals surface area (Å²) in [7, 11) is 0. The second-order valence-corrected chi connectivity index (χ2v) is 21.4. The molecule has 0 spiro atoms. The Balaban J connectivity index is 0.000000124. The van der Waals surface area contributed by atoms with Gasteiger partial charge in [-0.2, -0.15) is 0 Å². The molecule has 17 heteroatoms. The van der Waals surface area contributed by atoms with E-state index in [9.17, 15) is 0 Å². The molecule has 12 aromatic rings. The highest BCUT2D eigenvalue weighted by molar-refractivity contribution is 6.12. The first kappa shape index (κ1) is 43.4. The Morgan fingerprint density at radius 2 is 0.817 bits per heavy atom. The SMILES string of the molecule is [2H]C(C)(C)N1c2nccnc2N(c2c(C)ccc3c2oc2nc(C)ccc23)C1C.[2H]C([2H])([2H])C([2H])(C)N1c2ncccc2N(c2c(C)ccc3c2oc2nc(C)ccc23)C1C.[2H]C([2H])([2H])N1c2nccnc2N(c2c(C)ccc3c2oc2nc(C)ccc23)C1C. The molecule has 4 atom stereocenters. The maximum atomic E-state index is 8.78. The van der Waals surface area contributed by atoms with E-state index in [0.29, 0.717) is 51.6 Å². The molecule has 0 amide bonds. The summed E-state index contributed by atoms with van der Waals surface area (Å²) in [6.07, 6.45) is 6.93. The molecule has 12 heterocycles. The number of pyridine rings is 4. The Labute approximate surface area is 487 Å². The van der Waals surface area contributed by atoms with Crippen LogP contribution >= 0.6 is 0 Å². The average molecular weight is 1100 g/mol. The van der Waals surface area contributed by atoms with Gasteiger partial charge in [-0.05, 0) is 155 Å². The van der Waals surface area contributed by atoms with Crippen LogP contribution in [-0.2, 0) is 0 Å². The summed E-state index contributed by atoms with van der Waals surface area (Å²) in [4.78, 5) is 47.0. The molecule has 0 saturated carbocycles. The van der Waals surface area contributed by atoms with Crippen molar-refractivity contribution in [2.45, 2.75) is 120 Å². The number of furan rings is 3. The molecule has 82 heavy (non-hydrogen) atoms. The lowest BCUT2D eigenvalue weighted by molar-refractivity contribution is 0.597. The second kappa shape index (κ2) is 19.7. The van der Waals surface area contributed by atoms with E-state index in [0.717, 1.165) is 100 Å². The molecule has 0 aliphatic carbocycles. The zero-order valence-corrected chi connectivity index (χ0v) is 47.7. The van der Waals surface area contributed by atoms with E-state index in [4.69, 9.17) is 24.2 Å². The van der Waals surface area contributed by atoms with Crippen LogP contribution in [0, 0.1) is 41.5 Å². The van der Waals surface area contributed by atoms with Gasteiger partial charge < -0.3 is 32.9 Å². The fraction of sp³-hybridized carbons (Fsp3) is 0.292. The van der Waals surface area contributed by atoms with Gasteiger partial charge >= 0.3 is 0 Å². The Morgan fingerprint density at radius 1 is 0.427 bits per heavy atom. The Bertz CT molecular complexity index is 4650. The lowest BCUT2D eigenvalue weighted by Gasteiger charge is -2.33. The lowest BCUT2D eigenvalue weighted by atomic mass is 10.1. The van der Waals surface area contributed by atoms with E-state index < -0.39 is 38.2 Å². The van der Waals surface area contributed by atoms with Crippen molar-refractivity contribution in [3.8, 4) is 0 Å². The van der Waals surface area contributed by atoms with Crippen molar-refractivity contribution >= 4 is 118 Å². The number of aryl methyl sites for hydroxylation is 6. The molecule has 3 aliphatic rings. The topological polar surface area (TPSA) is 162 Å². The standard InChI is InChI=1S/C23H24N4O.C22H23N5O.C20H19N5O/c1-13(2)26-16(5)27(19-7-6-12-24-22(19)26)20-14(3)8-10-17-18-11-9-15(4)25-23(18)28-21(17)20;1-12(2)26-15(5)27(21-20(26)23-10-11-24-21)18-13(3)6-8-16-17-9-7-14(4)25-22(17)28-19(16)18;1-11-5-7-14-15-8-6-12(2)23-20(15)26-17(14)16(11)25-13(3)24(4)18-19(25)22-10-9-21-18/h6-13,16H,1-5H3;6-12,15H,1-5H3;5-10,13H,1-4H3/i1D3,13D;12D;4D3. The summed E-state index contributed by atoms with van der Waals surface area (Å²) in [6, 6.07) is 25.2. The van der Waals surface area contributed by atoms with Crippen molar-refractivity contribution in [1.82, 2.24) is 39.9 Å². The number of anilines is 9. The summed E-state index contributed by atoms with van der Waals surface area (Å²) in [5.74, 6) is 2.75. The van der Waals surface area contributed by atoms with Crippen molar-refractivity contribution in [2.75, 3.05) is 36.4 Å². The van der Waals surface area contributed by atoms with Crippen LogP contribution in [0.4, 0.5) is 51.8 Å². The van der Waals surface area contributed by atoms with E-state index in [-0.39, 0.29) is 6.17 Å². The van der Waals surface area contributed by atoms with Crippen LogP contribution in [0.1, 0.15) is 93.1 Å². The van der Waals surface area contributed by atoms with E-state index in [1.54, 1.807) is 29.7 Å². The first-order chi connectivity index (χ1) is 42.6. The predicted molar refractivity (Wildman–Crippen MR) is 330 cm³/mol. The maximum absolute atomic E-state index is 8.78. The third-order valence-corrected chi connectivity index (χ3v) is 15.8. The smallest absolute Gasteiger partial charge is 0.227 e. The van der Waals surface area contributed by atoms with Crippen LogP contribution in [0.5, 0.6) is 0 Å². The molecule has 9 aromatic heterocycles. The zero-order valence-electron chi connectivity index (χ0n) is 55.7. The highest BCUT2D eigenvalue weighted by Gasteiger charge is 2.41. The van der Waals surface area contributed by atoms with Gasteiger partial charge in [0, 0.05) is 108 Å². The molecule has 0 radical (unpaired) electrons. The molecule has 4 unspecified atom stereocenters. The molecule has 0 N–H and O–H groups in total. The monoisotopic (exact) mass is 1100 g/mol. The van der Waals surface area contributed by atoms with Crippen molar-refractivity contribution in [1.29, 1.82) is 0 Å². The molecular formula is C65H66N14O3. The summed E-state index contributed by atoms with van der Waals surface area (Å²) < 4.78 is 84.2. The van der Waals surface area contributed by atoms with E-state index in [1.165, 1.54) is 18.0 Å². The van der Waals surface area contributed by atoms with Crippen LogP contribution in [0.25, 0.3) is 66.2 Å². The molecule has 0 bridgehead atoms. The summed E-state index contributed by atoms with van der Waals surface area (Å²) in [5, 5.41) is 5.73. The molecule has 0 fully saturated rings. The average Bonchev–Trinajstić information content (AvgIpc) is 1.58. The number of fused-ring (bicyclic) bond motifs is 12. The van der Waals surface area contributed by atoms with E-state index in [1.807, 2.05) is 144 Å². The highest BCUT2D eigenvalue weighted by atomic mass is 16.3. The van der Waals surface area contributed by atoms with Gasteiger partial charge in [0.2, 0.25) is 17.1 Å². The fourth-order valence-corrected chi connectivity index (χ4v) is 12.0. The fourth-order valence-electron chi connectivity index (χ4n) is 12.0.